The van der Waals surface area contributed by atoms with Crippen molar-refractivity contribution in [3.05, 3.63) is 28.2 Å². The fourth-order valence-electron chi connectivity index (χ4n) is 1.10. The van der Waals surface area contributed by atoms with Gasteiger partial charge < -0.3 is 16.0 Å². The summed E-state index contributed by atoms with van der Waals surface area (Å²) in [6, 6.07) is 0.708. The Kier molecular flexibility index (Phi) is 2.60. The van der Waals surface area contributed by atoms with Crippen molar-refractivity contribution in [2.45, 2.75) is 19.9 Å². The minimum atomic E-state index is -0.676. The fourth-order valence-corrected chi connectivity index (χ4v) is 1.10. The zero-order valence-corrected chi connectivity index (χ0v) is 8.15. The Morgan fingerprint density at radius 3 is 2.64 bits per heavy atom. The Bertz CT molecular complexity index is 423. The summed E-state index contributed by atoms with van der Waals surface area (Å²) >= 11 is 0. The second-order valence-corrected chi connectivity index (χ2v) is 3.24. The number of aryl methyl sites for hydroxylation is 1. The molecule has 14 heavy (non-hydrogen) atoms. The van der Waals surface area contributed by atoms with Crippen molar-refractivity contribution in [2.24, 2.45) is 5.73 Å². The van der Waals surface area contributed by atoms with Crippen molar-refractivity contribution in [2.75, 3.05) is 5.73 Å². The fraction of sp³-hybridized carbons (Fsp3) is 0.333. The highest BCUT2D eigenvalue weighted by molar-refractivity contribution is 5.78. The van der Waals surface area contributed by atoms with Crippen LogP contribution in [0.3, 0.4) is 0 Å². The molecule has 0 bridgehead atoms. The number of nitrogens with zero attached hydrogens (tertiary/aromatic N) is 1. The Morgan fingerprint density at radius 1 is 1.57 bits per heavy atom. The molecule has 1 aromatic heterocycles. The highest BCUT2D eigenvalue weighted by atomic mass is 16.2. The van der Waals surface area contributed by atoms with Gasteiger partial charge in [-0.2, -0.15) is 0 Å². The summed E-state index contributed by atoms with van der Waals surface area (Å²) < 4.78 is 1.23. The van der Waals surface area contributed by atoms with Crippen LogP contribution >= 0.6 is 0 Å². The molecule has 0 radical (unpaired) electrons. The molecular weight excluding hydrogens is 182 g/mol. The molecule has 0 saturated heterocycles. The summed E-state index contributed by atoms with van der Waals surface area (Å²) in [4.78, 5) is 22.3. The first kappa shape index (κ1) is 10.3. The highest BCUT2D eigenvalue weighted by Gasteiger charge is 2.12. The molecule has 0 aliphatic carbocycles. The summed E-state index contributed by atoms with van der Waals surface area (Å²) in [6.07, 6.45) is 1.44. The van der Waals surface area contributed by atoms with Gasteiger partial charge in [-0.05, 0) is 19.4 Å². The largest absolute Gasteiger partial charge is 0.397 e. The van der Waals surface area contributed by atoms with Gasteiger partial charge in [0.2, 0.25) is 5.91 Å². The van der Waals surface area contributed by atoms with Crippen LogP contribution in [0.2, 0.25) is 0 Å². The predicted octanol–water partition coefficient (Wildman–Crippen LogP) is -0.215. The van der Waals surface area contributed by atoms with Crippen molar-refractivity contribution < 1.29 is 4.79 Å². The van der Waals surface area contributed by atoms with Crippen LogP contribution in [0.5, 0.6) is 0 Å². The van der Waals surface area contributed by atoms with Crippen LogP contribution in [0.1, 0.15) is 18.5 Å². The number of rotatable bonds is 2. The molecule has 0 saturated carbocycles. The first-order valence-electron chi connectivity index (χ1n) is 4.21. The van der Waals surface area contributed by atoms with E-state index in [4.69, 9.17) is 11.5 Å². The van der Waals surface area contributed by atoms with E-state index in [9.17, 15) is 9.59 Å². The Hall–Kier alpha value is -1.78. The van der Waals surface area contributed by atoms with Crippen molar-refractivity contribution in [3.63, 3.8) is 0 Å². The lowest BCUT2D eigenvalue weighted by molar-refractivity contribution is -0.120. The zero-order valence-electron chi connectivity index (χ0n) is 8.15. The van der Waals surface area contributed by atoms with E-state index in [1.54, 1.807) is 13.8 Å². The summed E-state index contributed by atoms with van der Waals surface area (Å²) in [5.74, 6) is -0.560. The van der Waals surface area contributed by atoms with Gasteiger partial charge in [-0.25, -0.2) is 0 Å². The number of nitrogens with two attached hydrogens (primary N) is 2. The van der Waals surface area contributed by atoms with E-state index in [0.717, 1.165) is 0 Å². The number of anilines is 1. The topological polar surface area (TPSA) is 91.1 Å². The molecular formula is C9H13N3O2. The van der Waals surface area contributed by atoms with Crippen molar-refractivity contribution in [1.82, 2.24) is 4.57 Å². The number of aromatic nitrogens is 1. The lowest BCUT2D eigenvalue weighted by Crippen LogP contribution is -2.31. The minimum Gasteiger partial charge on any atom is -0.397 e. The van der Waals surface area contributed by atoms with E-state index in [1.807, 2.05) is 0 Å². The second-order valence-electron chi connectivity index (χ2n) is 3.24. The van der Waals surface area contributed by atoms with Crippen LogP contribution in [0.15, 0.2) is 17.1 Å². The summed E-state index contributed by atoms with van der Waals surface area (Å²) in [5.41, 5.74) is 11.6. The molecule has 5 nitrogen and oxygen atoms in total. The number of pyridine rings is 1. The number of hydrogen-bond donors (Lipinski definition) is 2. The van der Waals surface area contributed by atoms with Crippen LogP contribution in [0, 0.1) is 6.92 Å². The Labute approximate surface area is 81.3 Å². The maximum atomic E-state index is 11.4. The number of nitrogen functional groups attached to an aromatic ring is 1. The number of hydrogen-bond acceptors (Lipinski definition) is 3. The van der Waals surface area contributed by atoms with Crippen molar-refractivity contribution in [1.29, 1.82) is 0 Å². The highest BCUT2D eigenvalue weighted by Crippen LogP contribution is 2.09. The average molecular weight is 195 g/mol. The Balaban J connectivity index is 3.29. The van der Waals surface area contributed by atoms with E-state index >= 15 is 0 Å². The molecule has 1 heterocycles. The minimum absolute atomic E-state index is 0.275. The van der Waals surface area contributed by atoms with Gasteiger partial charge in [0, 0.05) is 12.3 Å². The SMILES string of the molecule is Cc1cc(=O)n(C(C)C(N)=O)cc1N. The van der Waals surface area contributed by atoms with Crippen molar-refractivity contribution in [3.8, 4) is 0 Å². The molecule has 1 atom stereocenters. The maximum absolute atomic E-state index is 11.4. The van der Waals surface area contributed by atoms with Crippen LogP contribution in [-0.4, -0.2) is 10.5 Å². The normalized spacial score (nSPS) is 12.4. The summed E-state index contributed by atoms with van der Waals surface area (Å²) in [5, 5.41) is 0. The smallest absolute Gasteiger partial charge is 0.251 e. The first-order chi connectivity index (χ1) is 6.43. The van der Waals surface area contributed by atoms with Crippen LogP contribution in [0.25, 0.3) is 0 Å². The van der Waals surface area contributed by atoms with E-state index in [1.165, 1.54) is 16.8 Å². The molecule has 0 aliphatic heterocycles. The van der Waals surface area contributed by atoms with E-state index < -0.39 is 11.9 Å². The third-order valence-corrected chi connectivity index (χ3v) is 2.16. The molecule has 0 spiro atoms. The molecule has 4 N–H and O–H groups in total. The Morgan fingerprint density at radius 2 is 2.14 bits per heavy atom. The van der Waals surface area contributed by atoms with Gasteiger partial charge in [0.1, 0.15) is 6.04 Å². The van der Waals surface area contributed by atoms with E-state index in [2.05, 4.69) is 0 Å². The molecule has 0 aliphatic rings. The van der Waals surface area contributed by atoms with Gasteiger partial charge in [0.05, 0.1) is 5.69 Å². The number of primary amides is 1. The first-order valence-corrected chi connectivity index (χ1v) is 4.21. The quantitative estimate of drug-likeness (QED) is 0.683. The number of carbonyl (C=O) groups is 1. The standard InChI is InChI=1S/C9H13N3O2/c1-5-3-8(13)12(4-7(5)10)6(2)9(11)14/h3-4,6H,10H2,1-2H3,(H2,11,14). The third-order valence-electron chi connectivity index (χ3n) is 2.16. The molecule has 5 heteroatoms. The molecule has 76 valence electrons. The van der Waals surface area contributed by atoms with Gasteiger partial charge >= 0.3 is 0 Å². The third kappa shape index (κ3) is 1.76. The lowest BCUT2D eigenvalue weighted by atomic mass is 10.2. The predicted molar refractivity (Wildman–Crippen MR) is 53.8 cm³/mol. The molecule has 1 rings (SSSR count). The van der Waals surface area contributed by atoms with Gasteiger partial charge in [-0.1, -0.05) is 0 Å². The molecule has 0 fully saturated rings. The second kappa shape index (κ2) is 3.53. The van der Waals surface area contributed by atoms with Gasteiger partial charge in [-0.3, -0.25) is 9.59 Å². The van der Waals surface area contributed by atoms with Gasteiger partial charge in [-0.15, -0.1) is 0 Å². The lowest BCUT2D eigenvalue weighted by Gasteiger charge is -2.12. The van der Waals surface area contributed by atoms with E-state index in [0.29, 0.717) is 11.3 Å². The van der Waals surface area contributed by atoms with Crippen LogP contribution < -0.4 is 17.0 Å². The summed E-state index contributed by atoms with van der Waals surface area (Å²) in [6.45, 7) is 3.29. The average Bonchev–Trinajstić information content (AvgIpc) is 2.10. The molecule has 0 aromatic carbocycles. The van der Waals surface area contributed by atoms with Gasteiger partial charge in [0.15, 0.2) is 0 Å². The monoisotopic (exact) mass is 195 g/mol. The number of carbonyl (C=O) groups excluding carboxylic acids is 1. The molecule has 1 unspecified atom stereocenters. The van der Waals surface area contributed by atoms with E-state index in [-0.39, 0.29) is 5.56 Å². The van der Waals surface area contributed by atoms with Gasteiger partial charge in [0.25, 0.3) is 5.56 Å². The molecule has 1 amide bonds. The zero-order chi connectivity index (χ0) is 10.9. The summed E-state index contributed by atoms with van der Waals surface area (Å²) in [7, 11) is 0. The van der Waals surface area contributed by atoms with Crippen LogP contribution in [-0.2, 0) is 4.79 Å². The molecule has 1 aromatic rings. The van der Waals surface area contributed by atoms with Crippen molar-refractivity contribution >= 4 is 11.6 Å². The number of amides is 1. The maximum Gasteiger partial charge on any atom is 0.251 e. The van der Waals surface area contributed by atoms with Crippen LogP contribution in [0.4, 0.5) is 5.69 Å².